The Morgan fingerprint density at radius 3 is 2.81 bits per heavy atom. The predicted octanol–water partition coefficient (Wildman–Crippen LogP) is 3.13. The number of rotatable bonds is 3. The molecule has 0 radical (unpaired) electrons. The molecule has 4 nitrogen and oxygen atoms in total. The minimum Gasteiger partial charge on any atom is -0.398 e. The monoisotopic (exact) mass is 283 g/mol. The fourth-order valence-electron chi connectivity index (χ4n) is 3.04. The van der Waals surface area contributed by atoms with Crippen LogP contribution in [0.1, 0.15) is 42.6 Å². The van der Waals surface area contributed by atoms with Crippen molar-refractivity contribution in [2.45, 2.75) is 32.1 Å². The van der Waals surface area contributed by atoms with Gasteiger partial charge in [-0.3, -0.25) is 4.79 Å². The largest absolute Gasteiger partial charge is 0.398 e. The third kappa shape index (κ3) is 3.15. The van der Waals surface area contributed by atoms with Gasteiger partial charge in [-0.2, -0.15) is 0 Å². The van der Waals surface area contributed by atoms with Crippen molar-refractivity contribution in [2.24, 2.45) is 5.92 Å². The molecule has 0 bridgehead atoms. The van der Waals surface area contributed by atoms with E-state index in [2.05, 4.69) is 10.3 Å². The first kappa shape index (κ1) is 13.9. The van der Waals surface area contributed by atoms with Crippen molar-refractivity contribution in [1.29, 1.82) is 0 Å². The summed E-state index contributed by atoms with van der Waals surface area (Å²) in [5, 5.41) is 3.89. The van der Waals surface area contributed by atoms with Crippen LogP contribution < -0.4 is 11.1 Å². The molecule has 0 atom stereocenters. The lowest BCUT2D eigenvalue weighted by Crippen LogP contribution is -2.30. The number of nitrogens with one attached hydrogen (secondary N) is 1. The molecule has 0 spiro atoms. The topological polar surface area (TPSA) is 68.0 Å². The number of aromatic nitrogens is 1. The average Bonchev–Trinajstić information content (AvgIpc) is 2.53. The summed E-state index contributed by atoms with van der Waals surface area (Å²) in [6, 6.07) is 9.28. The van der Waals surface area contributed by atoms with Crippen LogP contribution in [0.15, 0.2) is 30.3 Å². The maximum absolute atomic E-state index is 12.3. The van der Waals surface area contributed by atoms with Crippen LogP contribution in [0.3, 0.4) is 0 Å². The van der Waals surface area contributed by atoms with Crippen LogP contribution in [0.25, 0.3) is 10.9 Å². The zero-order valence-electron chi connectivity index (χ0n) is 12.1. The van der Waals surface area contributed by atoms with Crippen molar-refractivity contribution < 1.29 is 4.79 Å². The standard InChI is InChI=1S/C17H21N3O/c18-14-10-16(20-15-9-5-4-8-13(14)15)17(21)19-11-12-6-2-1-3-7-12/h4-5,8-10,12H,1-3,6-7,11H2,(H2,18,20)(H,19,21). The van der Waals surface area contributed by atoms with Gasteiger partial charge in [-0.05, 0) is 30.9 Å². The SMILES string of the molecule is Nc1cc(C(=O)NCC2CCCCC2)nc2ccccc12. The molecular weight excluding hydrogens is 262 g/mol. The van der Waals surface area contributed by atoms with E-state index in [0.29, 0.717) is 17.3 Å². The maximum atomic E-state index is 12.3. The highest BCUT2D eigenvalue weighted by Gasteiger charge is 2.16. The molecule has 0 aliphatic heterocycles. The number of anilines is 1. The molecule has 2 aromatic rings. The molecule has 1 aromatic carbocycles. The van der Waals surface area contributed by atoms with Crippen molar-refractivity contribution in [3.63, 3.8) is 0 Å². The normalized spacial score (nSPS) is 16.0. The van der Waals surface area contributed by atoms with E-state index in [1.165, 1.54) is 32.1 Å². The summed E-state index contributed by atoms with van der Waals surface area (Å²) in [7, 11) is 0. The molecule has 1 saturated carbocycles. The molecule has 1 aromatic heterocycles. The van der Waals surface area contributed by atoms with E-state index in [9.17, 15) is 4.79 Å². The van der Waals surface area contributed by atoms with Gasteiger partial charge in [-0.1, -0.05) is 37.5 Å². The summed E-state index contributed by atoms with van der Waals surface area (Å²) < 4.78 is 0. The fraction of sp³-hybridized carbons (Fsp3) is 0.412. The second-order valence-corrected chi connectivity index (χ2v) is 5.83. The Balaban J connectivity index is 1.72. The van der Waals surface area contributed by atoms with E-state index < -0.39 is 0 Å². The number of carbonyl (C=O) groups is 1. The molecule has 110 valence electrons. The summed E-state index contributed by atoms with van der Waals surface area (Å²) in [6.45, 7) is 0.743. The highest BCUT2D eigenvalue weighted by molar-refractivity contribution is 5.99. The third-order valence-corrected chi connectivity index (χ3v) is 4.26. The van der Waals surface area contributed by atoms with E-state index in [0.717, 1.165) is 17.4 Å². The van der Waals surface area contributed by atoms with Crippen molar-refractivity contribution in [2.75, 3.05) is 12.3 Å². The maximum Gasteiger partial charge on any atom is 0.269 e. The van der Waals surface area contributed by atoms with E-state index in [1.54, 1.807) is 6.07 Å². The first-order valence-corrected chi connectivity index (χ1v) is 7.67. The van der Waals surface area contributed by atoms with Gasteiger partial charge in [0, 0.05) is 17.6 Å². The van der Waals surface area contributed by atoms with Crippen molar-refractivity contribution in [1.82, 2.24) is 10.3 Å². The molecule has 1 amide bonds. The van der Waals surface area contributed by atoms with Gasteiger partial charge in [0.05, 0.1) is 5.52 Å². The Kier molecular flexibility index (Phi) is 4.04. The third-order valence-electron chi connectivity index (χ3n) is 4.26. The molecule has 1 aliphatic rings. The van der Waals surface area contributed by atoms with Crippen LogP contribution >= 0.6 is 0 Å². The number of carbonyl (C=O) groups excluding carboxylic acids is 1. The van der Waals surface area contributed by atoms with E-state index in [4.69, 9.17) is 5.73 Å². The molecule has 1 aliphatic carbocycles. The highest BCUT2D eigenvalue weighted by Crippen LogP contribution is 2.23. The van der Waals surface area contributed by atoms with Crippen LogP contribution in [0.5, 0.6) is 0 Å². The molecule has 1 heterocycles. The Bertz CT molecular complexity index is 648. The second kappa shape index (κ2) is 6.12. The number of benzene rings is 1. The molecular formula is C17H21N3O. The highest BCUT2D eigenvalue weighted by atomic mass is 16.1. The van der Waals surface area contributed by atoms with Gasteiger partial charge < -0.3 is 11.1 Å². The number of nitrogens with zero attached hydrogens (tertiary/aromatic N) is 1. The number of hydrogen-bond acceptors (Lipinski definition) is 3. The Hall–Kier alpha value is -2.10. The first-order chi connectivity index (χ1) is 10.2. The van der Waals surface area contributed by atoms with Gasteiger partial charge in [0.15, 0.2) is 0 Å². The second-order valence-electron chi connectivity index (χ2n) is 5.83. The number of para-hydroxylation sites is 1. The molecule has 21 heavy (non-hydrogen) atoms. The van der Waals surface area contributed by atoms with E-state index in [-0.39, 0.29) is 5.91 Å². The van der Waals surface area contributed by atoms with Crippen LogP contribution in [-0.4, -0.2) is 17.4 Å². The van der Waals surface area contributed by atoms with Gasteiger partial charge in [0.25, 0.3) is 5.91 Å². The smallest absolute Gasteiger partial charge is 0.269 e. The Morgan fingerprint density at radius 2 is 2.00 bits per heavy atom. The molecule has 0 saturated heterocycles. The Morgan fingerprint density at radius 1 is 1.24 bits per heavy atom. The van der Waals surface area contributed by atoms with Gasteiger partial charge >= 0.3 is 0 Å². The zero-order chi connectivity index (χ0) is 14.7. The molecule has 4 heteroatoms. The fourth-order valence-corrected chi connectivity index (χ4v) is 3.04. The lowest BCUT2D eigenvalue weighted by Gasteiger charge is -2.21. The van der Waals surface area contributed by atoms with Gasteiger partial charge in [-0.15, -0.1) is 0 Å². The average molecular weight is 283 g/mol. The quantitative estimate of drug-likeness (QED) is 0.909. The van der Waals surface area contributed by atoms with Gasteiger partial charge in [0.1, 0.15) is 5.69 Å². The number of hydrogen-bond donors (Lipinski definition) is 2. The molecule has 3 N–H and O–H groups in total. The Labute approximate surface area is 124 Å². The van der Waals surface area contributed by atoms with Crippen LogP contribution in [0.2, 0.25) is 0 Å². The number of amides is 1. The summed E-state index contributed by atoms with van der Waals surface area (Å²) in [5.74, 6) is 0.485. The predicted molar refractivity (Wildman–Crippen MR) is 85.1 cm³/mol. The summed E-state index contributed by atoms with van der Waals surface area (Å²) in [6.07, 6.45) is 6.32. The summed E-state index contributed by atoms with van der Waals surface area (Å²) in [5.41, 5.74) is 7.78. The van der Waals surface area contributed by atoms with Gasteiger partial charge in [0.2, 0.25) is 0 Å². The minimum absolute atomic E-state index is 0.127. The number of nitrogens with two attached hydrogens (primary N) is 1. The molecule has 0 unspecified atom stereocenters. The zero-order valence-corrected chi connectivity index (χ0v) is 12.1. The number of nitrogen functional groups attached to an aromatic ring is 1. The van der Waals surface area contributed by atoms with Crippen molar-refractivity contribution in [3.8, 4) is 0 Å². The van der Waals surface area contributed by atoms with Crippen LogP contribution in [0, 0.1) is 5.92 Å². The molecule has 1 fully saturated rings. The summed E-state index contributed by atoms with van der Waals surface area (Å²) >= 11 is 0. The van der Waals surface area contributed by atoms with Crippen molar-refractivity contribution >= 4 is 22.5 Å². The lowest BCUT2D eigenvalue weighted by molar-refractivity contribution is 0.0939. The molecule has 3 rings (SSSR count). The summed E-state index contributed by atoms with van der Waals surface area (Å²) in [4.78, 5) is 16.7. The first-order valence-electron chi connectivity index (χ1n) is 7.67. The van der Waals surface area contributed by atoms with E-state index >= 15 is 0 Å². The van der Waals surface area contributed by atoms with Crippen molar-refractivity contribution in [3.05, 3.63) is 36.0 Å². The van der Waals surface area contributed by atoms with Gasteiger partial charge in [-0.25, -0.2) is 4.98 Å². The number of fused-ring (bicyclic) bond motifs is 1. The lowest BCUT2D eigenvalue weighted by atomic mass is 9.89. The van der Waals surface area contributed by atoms with Crippen LogP contribution in [-0.2, 0) is 0 Å². The minimum atomic E-state index is -0.127. The van der Waals surface area contributed by atoms with E-state index in [1.807, 2.05) is 24.3 Å². The number of pyridine rings is 1. The van der Waals surface area contributed by atoms with Crippen LogP contribution in [0.4, 0.5) is 5.69 Å².